The maximum atomic E-state index is 14.4. The number of nitrogens with zero attached hydrogens (tertiary/aromatic N) is 2. The van der Waals surface area contributed by atoms with Crippen molar-refractivity contribution in [3.05, 3.63) is 101 Å². The fraction of sp³-hybridized carbons (Fsp3) is 0.259. The number of rotatable bonds is 6. The predicted molar refractivity (Wildman–Crippen MR) is 131 cm³/mol. The Morgan fingerprint density at radius 3 is 2.59 bits per heavy atom. The summed E-state index contributed by atoms with van der Waals surface area (Å²) in [5.74, 6) is -0.189. The van der Waals surface area contributed by atoms with Crippen molar-refractivity contribution in [2.24, 2.45) is 11.5 Å². The molecule has 5 heteroatoms. The van der Waals surface area contributed by atoms with Gasteiger partial charge in [-0.15, -0.1) is 0 Å². The highest BCUT2D eigenvalue weighted by Gasteiger charge is 2.26. The minimum atomic E-state index is -0.189. The van der Waals surface area contributed by atoms with Gasteiger partial charge in [-0.1, -0.05) is 48.6 Å². The maximum Gasteiger partial charge on any atom is 0.128 e. The number of hydrogen-bond donors (Lipinski definition) is 2. The molecule has 2 aromatic carbocycles. The van der Waals surface area contributed by atoms with Crippen LogP contribution in [0.4, 0.5) is 4.39 Å². The normalized spacial score (nSPS) is 16.8. The topological polar surface area (TPSA) is 60.2 Å². The van der Waals surface area contributed by atoms with Crippen LogP contribution in [0, 0.1) is 12.7 Å². The Morgan fingerprint density at radius 2 is 1.88 bits per heavy atom. The Morgan fingerprint density at radius 1 is 1.16 bits per heavy atom. The molecule has 0 aliphatic heterocycles. The van der Waals surface area contributed by atoms with Gasteiger partial charge in [-0.05, 0) is 44.1 Å². The monoisotopic (exact) mass is 430 g/mol. The zero-order chi connectivity index (χ0) is 22.8. The lowest BCUT2D eigenvalue weighted by atomic mass is 9.89. The molecule has 1 aliphatic rings. The van der Waals surface area contributed by atoms with Crippen LogP contribution in [0.3, 0.4) is 0 Å². The molecule has 0 saturated carbocycles. The van der Waals surface area contributed by atoms with Crippen molar-refractivity contribution in [2.75, 3.05) is 13.6 Å². The van der Waals surface area contributed by atoms with E-state index in [2.05, 4.69) is 40.7 Å². The summed E-state index contributed by atoms with van der Waals surface area (Å²) >= 11 is 0. The number of halogens is 1. The molecule has 0 radical (unpaired) electrons. The first-order valence-corrected chi connectivity index (χ1v) is 11.0. The Labute approximate surface area is 189 Å². The highest BCUT2D eigenvalue weighted by molar-refractivity contribution is 5.96. The van der Waals surface area contributed by atoms with Crippen LogP contribution in [-0.4, -0.2) is 29.1 Å². The molecule has 166 valence electrons. The molecule has 4 nitrogen and oxygen atoms in total. The van der Waals surface area contributed by atoms with Crippen LogP contribution < -0.4 is 11.5 Å². The molecule has 1 aliphatic carbocycles. The van der Waals surface area contributed by atoms with Gasteiger partial charge in [0.15, 0.2) is 0 Å². The third kappa shape index (κ3) is 3.96. The summed E-state index contributed by atoms with van der Waals surface area (Å²) in [5, 5.41) is 1.14. The van der Waals surface area contributed by atoms with E-state index in [0.29, 0.717) is 24.2 Å². The van der Waals surface area contributed by atoms with Crippen molar-refractivity contribution in [2.45, 2.75) is 32.9 Å². The van der Waals surface area contributed by atoms with Crippen molar-refractivity contribution in [3.8, 4) is 0 Å². The van der Waals surface area contributed by atoms with Crippen LogP contribution in [0.1, 0.15) is 30.2 Å². The van der Waals surface area contributed by atoms with Crippen LogP contribution in [0.25, 0.3) is 16.5 Å². The summed E-state index contributed by atoms with van der Waals surface area (Å²) in [6, 6.07) is 15.0. The van der Waals surface area contributed by atoms with Crippen molar-refractivity contribution < 1.29 is 4.39 Å². The van der Waals surface area contributed by atoms with Gasteiger partial charge in [-0.3, -0.25) is 0 Å². The van der Waals surface area contributed by atoms with Crippen LogP contribution >= 0.6 is 0 Å². The van der Waals surface area contributed by atoms with Crippen LogP contribution in [0.5, 0.6) is 0 Å². The molecule has 0 fully saturated rings. The summed E-state index contributed by atoms with van der Waals surface area (Å²) in [6.45, 7) is 5.34. The van der Waals surface area contributed by atoms with Gasteiger partial charge in [0.05, 0.1) is 24.0 Å². The third-order valence-electron chi connectivity index (χ3n) is 6.28. The fourth-order valence-corrected chi connectivity index (χ4v) is 4.74. The molecule has 0 unspecified atom stereocenters. The van der Waals surface area contributed by atoms with Crippen LogP contribution in [0.15, 0.2) is 78.2 Å². The molecule has 32 heavy (non-hydrogen) atoms. The van der Waals surface area contributed by atoms with E-state index < -0.39 is 0 Å². The van der Waals surface area contributed by atoms with Crippen LogP contribution in [0.2, 0.25) is 0 Å². The fourth-order valence-electron chi connectivity index (χ4n) is 4.74. The lowest BCUT2D eigenvalue weighted by molar-refractivity contribution is 0.417. The van der Waals surface area contributed by atoms with E-state index in [9.17, 15) is 4.39 Å². The molecule has 0 bridgehead atoms. The minimum Gasteiger partial charge on any atom is -0.397 e. The maximum absolute atomic E-state index is 14.4. The molecule has 4 rings (SSSR count). The van der Waals surface area contributed by atoms with Gasteiger partial charge in [0.1, 0.15) is 5.82 Å². The molecule has 1 aromatic heterocycles. The number of benzene rings is 2. The highest BCUT2D eigenvalue weighted by Crippen LogP contribution is 2.37. The van der Waals surface area contributed by atoms with E-state index in [0.717, 1.165) is 40.0 Å². The first-order chi connectivity index (χ1) is 15.4. The Balaban J connectivity index is 1.81. The van der Waals surface area contributed by atoms with E-state index in [1.807, 2.05) is 44.3 Å². The molecule has 4 N–H and O–H groups in total. The van der Waals surface area contributed by atoms with Gasteiger partial charge in [0, 0.05) is 41.3 Å². The Kier molecular flexibility index (Phi) is 6.19. The van der Waals surface area contributed by atoms with Crippen molar-refractivity contribution in [1.82, 2.24) is 9.47 Å². The molecule has 0 saturated heterocycles. The minimum absolute atomic E-state index is 0.182. The van der Waals surface area contributed by atoms with Crippen molar-refractivity contribution in [1.29, 1.82) is 0 Å². The molecule has 1 heterocycles. The van der Waals surface area contributed by atoms with Crippen molar-refractivity contribution >= 4 is 16.5 Å². The number of nitrogens with two attached hydrogens (primary N) is 2. The second-order valence-corrected chi connectivity index (χ2v) is 8.43. The van der Waals surface area contributed by atoms with Gasteiger partial charge >= 0.3 is 0 Å². The van der Waals surface area contributed by atoms with Crippen LogP contribution in [-0.2, 0) is 6.54 Å². The van der Waals surface area contributed by atoms with Crippen molar-refractivity contribution in [3.63, 3.8) is 0 Å². The first kappa shape index (κ1) is 21.9. The average Bonchev–Trinajstić information content (AvgIpc) is 3.04. The average molecular weight is 431 g/mol. The van der Waals surface area contributed by atoms with E-state index in [1.54, 1.807) is 6.07 Å². The van der Waals surface area contributed by atoms with E-state index >= 15 is 0 Å². The summed E-state index contributed by atoms with van der Waals surface area (Å²) in [4.78, 5) is 2.11. The van der Waals surface area contributed by atoms with Gasteiger partial charge in [0.2, 0.25) is 0 Å². The van der Waals surface area contributed by atoms with E-state index in [1.165, 1.54) is 6.07 Å². The Hall–Kier alpha value is -3.31. The quantitative estimate of drug-likeness (QED) is 0.545. The lowest BCUT2D eigenvalue weighted by Gasteiger charge is -2.31. The van der Waals surface area contributed by atoms with Gasteiger partial charge in [-0.25, -0.2) is 4.39 Å². The first-order valence-electron chi connectivity index (χ1n) is 11.0. The zero-order valence-corrected chi connectivity index (χ0v) is 19.0. The van der Waals surface area contributed by atoms with E-state index in [-0.39, 0.29) is 11.9 Å². The number of likely N-dealkylation sites (N-methyl/N-ethyl adjacent to an activating group) is 1. The predicted octanol–water partition coefficient (Wildman–Crippen LogP) is 4.93. The molecule has 0 amide bonds. The van der Waals surface area contributed by atoms with Gasteiger partial charge in [-0.2, -0.15) is 0 Å². The Bertz CT molecular complexity index is 1230. The molecule has 0 spiro atoms. The molecular weight excluding hydrogens is 399 g/mol. The highest BCUT2D eigenvalue weighted by atomic mass is 19.1. The number of para-hydroxylation sites is 1. The molecule has 1 atom stereocenters. The number of aromatic nitrogens is 1. The number of fused-ring (bicyclic) bond motifs is 1. The zero-order valence-electron chi connectivity index (χ0n) is 19.0. The van der Waals surface area contributed by atoms with Gasteiger partial charge < -0.3 is 20.9 Å². The number of allylic oxidation sites excluding steroid dienone is 2. The molecular formula is C27H31FN4. The third-order valence-corrected chi connectivity index (χ3v) is 6.28. The smallest absolute Gasteiger partial charge is 0.128 e. The second-order valence-electron chi connectivity index (χ2n) is 8.43. The number of hydrogen-bond acceptors (Lipinski definition) is 3. The summed E-state index contributed by atoms with van der Waals surface area (Å²) in [6.07, 6.45) is 6.88. The summed E-state index contributed by atoms with van der Waals surface area (Å²) in [5.41, 5.74) is 19.9. The lowest BCUT2D eigenvalue weighted by Crippen LogP contribution is -2.37. The standard InChI is InChI=1S/C27H31FN4/c1-4-5-14-31(3)27-23(29)15-20(16-24(27)30)26-18(2)32(25-13-9-7-11-21(25)26)17-19-10-6-8-12-22(19)28/h4-13,15,24H,14,16-17,29-30H2,1-3H3/b5-4-/t24-/m1/s1. The largest absolute Gasteiger partial charge is 0.397 e. The second kappa shape index (κ2) is 9.05. The van der Waals surface area contributed by atoms with Gasteiger partial charge in [0.25, 0.3) is 0 Å². The molecule has 3 aromatic rings. The summed E-state index contributed by atoms with van der Waals surface area (Å²) in [7, 11) is 2.02. The SMILES string of the molecule is C/C=C\CN(C)C1=C(N)C=C(c2c(C)n(Cc3ccccc3F)c3ccccc23)C[C@H]1N. The van der Waals surface area contributed by atoms with E-state index in [4.69, 9.17) is 11.5 Å². The summed E-state index contributed by atoms with van der Waals surface area (Å²) < 4.78 is 16.6.